The summed E-state index contributed by atoms with van der Waals surface area (Å²) in [5.74, 6) is 0.866. The van der Waals surface area contributed by atoms with Crippen LogP contribution in [-0.2, 0) is 13.0 Å². The highest BCUT2D eigenvalue weighted by atomic mass is 79.9. The summed E-state index contributed by atoms with van der Waals surface area (Å²) in [7, 11) is 0. The van der Waals surface area contributed by atoms with Crippen LogP contribution in [0, 0.1) is 0 Å². The molecule has 2 aromatic carbocycles. The highest BCUT2D eigenvalue weighted by molar-refractivity contribution is 9.11. The number of ether oxygens (including phenoxy) is 1. The standard InChI is InChI=1S/C19H22Br2N2O/c20-17-12-16(6-9-23-10-7-22-8-11-23)13-18(21)19(17)24-14-15-4-2-1-3-5-15/h1-5,12-13,22H,6-11,14H2. The fourth-order valence-corrected chi connectivity index (χ4v) is 4.36. The van der Waals surface area contributed by atoms with Gasteiger partial charge in [-0.1, -0.05) is 30.3 Å². The molecule has 1 heterocycles. The van der Waals surface area contributed by atoms with E-state index < -0.39 is 0 Å². The lowest BCUT2D eigenvalue weighted by molar-refractivity contribution is 0.244. The molecular weight excluding hydrogens is 432 g/mol. The Morgan fingerprint density at radius 3 is 2.29 bits per heavy atom. The lowest BCUT2D eigenvalue weighted by Crippen LogP contribution is -2.44. The Morgan fingerprint density at radius 2 is 1.62 bits per heavy atom. The molecule has 2 aromatic rings. The van der Waals surface area contributed by atoms with E-state index in [1.54, 1.807) is 0 Å². The minimum absolute atomic E-state index is 0.568. The summed E-state index contributed by atoms with van der Waals surface area (Å²) < 4.78 is 8.00. The van der Waals surface area contributed by atoms with Crippen molar-refractivity contribution in [3.8, 4) is 5.75 Å². The van der Waals surface area contributed by atoms with E-state index in [0.717, 1.165) is 53.8 Å². The zero-order valence-electron chi connectivity index (χ0n) is 13.6. The van der Waals surface area contributed by atoms with Gasteiger partial charge in [0.25, 0.3) is 0 Å². The molecule has 0 bridgehead atoms. The van der Waals surface area contributed by atoms with Crippen molar-refractivity contribution in [2.45, 2.75) is 13.0 Å². The normalized spacial score (nSPS) is 15.4. The van der Waals surface area contributed by atoms with E-state index in [1.165, 1.54) is 11.1 Å². The minimum atomic E-state index is 0.568. The maximum Gasteiger partial charge on any atom is 0.148 e. The first kappa shape index (κ1) is 17.9. The molecule has 24 heavy (non-hydrogen) atoms. The van der Waals surface area contributed by atoms with E-state index in [4.69, 9.17) is 4.74 Å². The number of benzene rings is 2. The molecule has 0 spiro atoms. The number of hydrogen-bond acceptors (Lipinski definition) is 3. The smallest absolute Gasteiger partial charge is 0.148 e. The average molecular weight is 454 g/mol. The van der Waals surface area contributed by atoms with Crippen molar-refractivity contribution in [2.75, 3.05) is 32.7 Å². The molecule has 5 heteroatoms. The zero-order valence-corrected chi connectivity index (χ0v) is 16.8. The molecular formula is C19H22Br2N2O. The van der Waals surface area contributed by atoms with Gasteiger partial charge in [0.15, 0.2) is 0 Å². The summed E-state index contributed by atoms with van der Waals surface area (Å²) in [4.78, 5) is 2.51. The van der Waals surface area contributed by atoms with Gasteiger partial charge in [-0.3, -0.25) is 0 Å². The second-order valence-electron chi connectivity index (χ2n) is 6.00. The Kier molecular flexibility index (Phi) is 6.72. The molecule has 128 valence electrons. The lowest BCUT2D eigenvalue weighted by Gasteiger charge is -2.27. The molecule has 1 fully saturated rings. The van der Waals surface area contributed by atoms with Crippen LogP contribution >= 0.6 is 31.9 Å². The van der Waals surface area contributed by atoms with Gasteiger partial charge in [0.05, 0.1) is 8.95 Å². The van der Waals surface area contributed by atoms with Crippen LogP contribution in [0.5, 0.6) is 5.75 Å². The molecule has 0 amide bonds. The third kappa shape index (κ3) is 5.06. The predicted molar refractivity (Wildman–Crippen MR) is 106 cm³/mol. The molecule has 1 aliphatic heterocycles. The Labute approximate surface area is 160 Å². The average Bonchev–Trinajstić information content (AvgIpc) is 2.61. The first-order chi connectivity index (χ1) is 11.7. The Hall–Kier alpha value is -0.880. The molecule has 1 N–H and O–H groups in total. The fraction of sp³-hybridized carbons (Fsp3) is 0.368. The fourth-order valence-electron chi connectivity index (χ4n) is 2.85. The monoisotopic (exact) mass is 452 g/mol. The second kappa shape index (κ2) is 8.99. The summed E-state index contributed by atoms with van der Waals surface area (Å²) in [6.07, 6.45) is 1.05. The molecule has 0 radical (unpaired) electrons. The van der Waals surface area contributed by atoms with Gasteiger partial charge in [-0.05, 0) is 61.5 Å². The SMILES string of the molecule is Brc1cc(CCN2CCNCC2)cc(Br)c1OCc1ccccc1. The summed E-state index contributed by atoms with van der Waals surface area (Å²) in [6.45, 7) is 6.14. The molecule has 0 saturated carbocycles. The van der Waals surface area contributed by atoms with Gasteiger partial charge >= 0.3 is 0 Å². The van der Waals surface area contributed by atoms with Gasteiger partial charge < -0.3 is 15.0 Å². The van der Waals surface area contributed by atoms with Gasteiger partial charge in [0.1, 0.15) is 12.4 Å². The van der Waals surface area contributed by atoms with Crippen LogP contribution in [0.2, 0.25) is 0 Å². The van der Waals surface area contributed by atoms with Gasteiger partial charge in [0.2, 0.25) is 0 Å². The Bertz CT molecular complexity index is 635. The molecule has 0 aromatic heterocycles. The largest absolute Gasteiger partial charge is 0.487 e. The summed E-state index contributed by atoms with van der Waals surface area (Å²) in [5, 5.41) is 3.39. The molecule has 3 nitrogen and oxygen atoms in total. The van der Waals surface area contributed by atoms with E-state index in [-0.39, 0.29) is 0 Å². The van der Waals surface area contributed by atoms with Crippen LogP contribution in [0.4, 0.5) is 0 Å². The van der Waals surface area contributed by atoms with Gasteiger partial charge in [-0.2, -0.15) is 0 Å². The first-order valence-corrected chi connectivity index (χ1v) is 9.89. The van der Waals surface area contributed by atoms with Crippen LogP contribution < -0.4 is 10.1 Å². The lowest BCUT2D eigenvalue weighted by atomic mass is 10.1. The van der Waals surface area contributed by atoms with E-state index in [2.05, 4.69) is 66.3 Å². The van der Waals surface area contributed by atoms with E-state index in [1.807, 2.05) is 18.2 Å². The van der Waals surface area contributed by atoms with E-state index in [9.17, 15) is 0 Å². The highest BCUT2D eigenvalue weighted by Gasteiger charge is 2.12. The van der Waals surface area contributed by atoms with Gasteiger partial charge in [-0.15, -0.1) is 0 Å². The summed E-state index contributed by atoms with van der Waals surface area (Å²) in [5.41, 5.74) is 2.48. The van der Waals surface area contributed by atoms with Crippen molar-refractivity contribution in [1.29, 1.82) is 0 Å². The number of hydrogen-bond donors (Lipinski definition) is 1. The molecule has 1 saturated heterocycles. The maximum atomic E-state index is 5.99. The van der Waals surface area contributed by atoms with Crippen LogP contribution in [-0.4, -0.2) is 37.6 Å². The quantitative estimate of drug-likeness (QED) is 0.707. The zero-order chi connectivity index (χ0) is 16.8. The number of nitrogens with one attached hydrogen (secondary N) is 1. The van der Waals surface area contributed by atoms with Crippen LogP contribution in [0.15, 0.2) is 51.4 Å². The molecule has 0 atom stereocenters. The maximum absolute atomic E-state index is 5.99. The minimum Gasteiger partial charge on any atom is -0.487 e. The second-order valence-corrected chi connectivity index (χ2v) is 7.71. The molecule has 0 aliphatic carbocycles. The van der Waals surface area contributed by atoms with E-state index in [0.29, 0.717) is 6.61 Å². The van der Waals surface area contributed by atoms with Crippen molar-refractivity contribution < 1.29 is 4.74 Å². The highest BCUT2D eigenvalue weighted by Crippen LogP contribution is 2.35. The Morgan fingerprint density at radius 1 is 0.958 bits per heavy atom. The number of nitrogens with zero attached hydrogens (tertiary/aromatic N) is 1. The number of halogens is 2. The van der Waals surface area contributed by atoms with Gasteiger partial charge in [-0.25, -0.2) is 0 Å². The van der Waals surface area contributed by atoms with Crippen molar-refractivity contribution >= 4 is 31.9 Å². The summed E-state index contributed by atoms with van der Waals surface area (Å²) >= 11 is 7.32. The number of piperazine rings is 1. The number of rotatable bonds is 6. The predicted octanol–water partition coefficient (Wildman–Crippen LogP) is 4.24. The first-order valence-electron chi connectivity index (χ1n) is 8.30. The molecule has 1 aliphatic rings. The van der Waals surface area contributed by atoms with Crippen molar-refractivity contribution in [3.05, 3.63) is 62.5 Å². The van der Waals surface area contributed by atoms with E-state index >= 15 is 0 Å². The molecule has 0 unspecified atom stereocenters. The van der Waals surface area contributed by atoms with Crippen molar-refractivity contribution in [3.63, 3.8) is 0 Å². The van der Waals surface area contributed by atoms with Crippen LogP contribution in [0.25, 0.3) is 0 Å². The van der Waals surface area contributed by atoms with Gasteiger partial charge in [0, 0.05) is 32.7 Å². The summed E-state index contributed by atoms with van der Waals surface area (Å²) in [6, 6.07) is 14.6. The Balaban J connectivity index is 1.60. The van der Waals surface area contributed by atoms with Crippen LogP contribution in [0.1, 0.15) is 11.1 Å². The third-order valence-corrected chi connectivity index (χ3v) is 5.39. The van der Waals surface area contributed by atoms with Crippen LogP contribution in [0.3, 0.4) is 0 Å². The van der Waals surface area contributed by atoms with Crippen molar-refractivity contribution in [1.82, 2.24) is 10.2 Å². The third-order valence-electron chi connectivity index (χ3n) is 4.21. The molecule has 3 rings (SSSR count). The van der Waals surface area contributed by atoms with Crippen molar-refractivity contribution in [2.24, 2.45) is 0 Å². The topological polar surface area (TPSA) is 24.5 Å².